The van der Waals surface area contributed by atoms with Crippen LogP contribution in [0.5, 0.6) is 0 Å². The van der Waals surface area contributed by atoms with Crippen molar-refractivity contribution in [3.8, 4) is 0 Å². The lowest BCUT2D eigenvalue weighted by Crippen LogP contribution is -2.28. The Balaban J connectivity index is 1.94. The van der Waals surface area contributed by atoms with E-state index in [1.54, 1.807) is 0 Å². The third-order valence-electron chi connectivity index (χ3n) is 3.84. The quantitative estimate of drug-likeness (QED) is 0.775. The molecule has 118 valence electrons. The Bertz CT molecular complexity index is 569. The van der Waals surface area contributed by atoms with Crippen LogP contribution in [0, 0.1) is 5.92 Å². The van der Waals surface area contributed by atoms with Crippen LogP contribution in [0.1, 0.15) is 44.7 Å². The molecule has 4 nitrogen and oxygen atoms in total. The lowest BCUT2D eigenvalue weighted by Gasteiger charge is -2.10. The molecule has 2 atom stereocenters. The molecule has 1 aliphatic rings. The maximum atomic E-state index is 12.2. The molecule has 0 spiro atoms. The second-order valence-electron chi connectivity index (χ2n) is 6.24. The molecule has 0 aromatic heterocycles. The second-order valence-corrected chi connectivity index (χ2v) is 8.00. The van der Waals surface area contributed by atoms with Crippen molar-refractivity contribution in [3.63, 3.8) is 0 Å². The first kappa shape index (κ1) is 16.5. The molecule has 5 heteroatoms. The molecule has 2 rings (SSSR count). The summed E-state index contributed by atoms with van der Waals surface area (Å²) < 4.78 is 27.1. The molecule has 0 amide bonds. The third kappa shape index (κ3) is 5.41. The van der Waals surface area contributed by atoms with Crippen LogP contribution in [0.4, 0.5) is 0 Å². The fourth-order valence-corrected chi connectivity index (χ4v) is 3.94. The predicted molar refractivity (Wildman–Crippen MR) is 86.4 cm³/mol. The van der Waals surface area contributed by atoms with Crippen LogP contribution in [-0.2, 0) is 22.3 Å². The largest absolute Gasteiger partial charge is 0.310 e. The van der Waals surface area contributed by atoms with Crippen LogP contribution >= 0.6 is 0 Å². The van der Waals surface area contributed by atoms with Gasteiger partial charge >= 0.3 is 0 Å². The van der Waals surface area contributed by atoms with Crippen LogP contribution in [0.15, 0.2) is 24.3 Å². The number of sulfonamides is 1. The van der Waals surface area contributed by atoms with Gasteiger partial charge in [-0.15, -0.1) is 0 Å². The molecule has 21 heavy (non-hydrogen) atoms. The van der Waals surface area contributed by atoms with E-state index < -0.39 is 10.0 Å². The summed E-state index contributed by atoms with van der Waals surface area (Å²) in [4.78, 5) is 0. The van der Waals surface area contributed by atoms with Crippen LogP contribution in [0.2, 0.25) is 0 Å². The number of hydrogen-bond donors (Lipinski definition) is 2. The fraction of sp³-hybridized carbons (Fsp3) is 0.625. The first-order valence-electron chi connectivity index (χ1n) is 7.71. The molecule has 0 saturated heterocycles. The fourth-order valence-electron chi connectivity index (χ4n) is 2.49. The van der Waals surface area contributed by atoms with Crippen LogP contribution in [0.25, 0.3) is 0 Å². The van der Waals surface area contributed by atoms with E-state index in [0.717, 1.165) is 30.5 Å². The molecule has 2 N–H and O–H groups in total. The minimum absolute atomic E-state index is 0.0649. The number of nitrogens with one attached hydrogen (secondary N) is 2. The van der Waals surface area contributed by atoms with Gasteiger partial charge in [0.2, 0.25) is 10.0 Å². The molecule has 1 aromatic rings. The zero-order valence-electron chi connectivity index (χ0n) is 13.1. The van der Waals surface area contributed by atoms with Crippen molar-refractivity contribution in [2.75, 3.05) is 0 Å². The van der Waals surface area contributed by atoms with E-state index in [9.17, 15) is 8.42 Å². The summed E-state index contributed by atoms with van der Waals surface area (Å²) in [5.74, 6) is 0.594. The Labute approximate surface area is 128 Å². The first-order valence-corrected chi connectivity index (χ1v) is 9.36. The molecule has 0 aliphatic heterocycles. The van der Waals surface area contributed by atoms with Gasteiger partial charge in [0, 0.05) is 18.6 Å². The zero-order valence-corrected chi connectivity index (χ0v) is 13.9. The lowest BCUT2D eigenvalue weighted by molar-refractivity contribution is 0.574. The Morgan fingerprint density at radius 3 is 2.62 bits per heavy atom. The van der Waals surface area contributed by atoms with E-state index >= 15 is 0 Å². The van der Waals surface area contributed by atoms with Gasteiger partial charge in [0.05, 0.1) is 5.75 Å². The van der Waals surface area contributed by atoms with Crippen molar-refractivity contribution in [3.05, 3.63) is 35.4 Å². The predicted octanol–water partition coefficient (Wildman–Crippen LogP) is 2.40. The summed E-state index contributed by atoms with van der Waals surface area (Å²) >= 11 is 0. The zero-order chi connectivity index (χ0) is 15.5. The summed E-state index contributed by atoms with van der Waals surface area (Å²) in [6.07, 6.45) is 2.03. The average Bonchev–Trinajstić information content (AvgIpc) is 3.13. The lowest BCUT2D eigenvalue weighted by atomic mass is 10.1. The van der Waals surface area contributed by atoms with Crippen molar-refractivity contribution >= 4 is 10.0 Å². The highest BCUT2D eigenvalue weighted by Gasteiger charge is 2.38. The van der Waals surface area contributed by atoms with Gasteiger partial charge in [-0.3, -0.25) is 0 Å². The Kier molecular flexibility index (Phi) is 5.41. The maximum absolute atomic E-state index is 12.2. The summed E-state index contributed by atoms with van der Waals surface area (Å²) in [5.41, 5.74) is 1.97. The van der Waals surface area contributed by atoms with Gasteiger partial charge in [-0.1, -0.05) is 51.5 Å². The van der Waals surface area contributed by atoms with Crippen molar-refractivity contribution in [1.82, 2.24) is 10.0 Å². The molecule has 1 aliphatic carbocycles. The maximum Gasteiger partial charge on any atom is 0.216 e. The van der Waals surface area contributed by atoms with Gasteiger partial charge in [0.15, 0.2) is 0 Å². The van der Waals surface area contributed by atoms with Gasteiger partial charge in [-0.05, 0) is 23.5 Å². The summed E-state index contributed by atoms with van der Waals surface area (Å²) in [7, 11) is -3.23. The summed E-state index contributed by atoms with van der Waals surface area (Å²) in [6.45, 7) is 7.06. The van der Waals surface area contributed by atoms with Gasteiger partial charge in [-0.2, -0.15) is 0 Å². The minimum Gasteiger partial charge on any atom is -0.310 e. The molecule has 1 saturated carbocycles. The van der Waals surface area contributed by atoms with E-state index in [4.69, 9.17) is 0 Å². The first-order chi connectivity index (χ1) is 9.89. The highest BCUT2D eigenvalue weighted by atomic mass is 32.2. The Morgan fingerprint density at radius 1 is 1.29 bits per heavy atom. The van der Waals surface area contributed by atoms with E-state index in [-0.39, 0.29) is 11.8 Å². The van der Waals surface area contributed by atoms with Crippen LogP contribution in [0.3, 0.4) is 0 Å². The minimum atomic E-state index is -3.23. The molecule has 0 bridgehead atoms. The standard InChI is InChI=1S/C16H26N2O2S/c1-4-15-9-16(15)18-21(19,20)11-14-7-5-6-13(8-14)10-17-12(2)3/h5-8,12,15-18H,4,9-11H2,1-3H3. The van der Waals surface area contributed by atoms with E-state index in [1.807, 2.05) is 24.3 Å². The number of hydrogen-bond acceptors (Lipinski definition) is 3. The van der Waals surface area contributed by atoms with Gasteiger partial charge < -0.3 is 5.32 Å². The molecule has 2 unspecified atom stereocenters. The Morgan fingerprint density at radius 2 is 2.00 bits per heavy atom. The van der Waals surface area contributed by atoms with Crippen molar-refractivity contribution in [1.29, 1.82) is 0 Å². The van der Waals surface area contributed by atoms with Gasteiger partial charge in [-0.25, -0.2) is 13.1 Å². The molecule has 1 aromatic carbocycles. The van der Waals surface area contributed by atoms with Crippen LogP contribution < -0.4 is 10.0 Å². The topological polar surface area (TPSA) is 58.2 Å². The van der Waals surface area contributed by atoms with Crippen molar-refractivity contribution < 1.29 is 8.42 Å². The van der Waals surface area contributed by atoms with Gasteiger partial charge in [0.25, 0.3) is 0 Å². The monoisotopic (exact) mass is 310 g/mol. The van der Waals surface area contributed by atoms with Crippen LogP contribution in [-0.4, -0.2) is 20.5 Å². The molecule has 1 fully saturated rings. The molecular formula is C16H26N2O2S. The van der Waals surface area contributed by atoms with Gasteiger partial charge in [0.1, 0.15) is 0 Å². The van der Waals surface area contributed by atoms with E-state index in [0.29, 0.717) is 12.0 Å². The summed E-state index contributed by atoms with van der Waals surface area (Å²) in [5, 5.41) is 3.34. The second kappa shape index (κ2) is 6.90. The average molecular weight is 310 g/mol. The molecular weight excluding hydrogens is 284 g/mol. The van der Waals surface area contributed by atoms with E-state index in [2.05, 4.69) is 30.8 Å². The number of rotatable bonds is 8. The van der Waals surface area contributed by atoms with E-state index in [1.165, 1.54) is 0 Å². The highest BCUT2D eigenvalue weighted by Crippen LogP contribution is 2.33. The molecule has 0 radical (unpaired) electrons. The third-order valence-corrected chi connectivity index (χ3v) is 5.22. The van der Waals surface area contributed by atoms with Crippen molar-refractivity contribution in [2.24, 2.45) is 5.92 Å². The smallest absolute Gasteiger partial charge is 0.216 e. The molecule has 0 heterocycles. The van der Waals surface area contributed by atoms with Crippen molar-refractivity contribution in [2.45, 2.75) is 58.0 Å². The summed E-state index contributed by atoms with van der Waals surface area (Å²) in [6, 6.07) is 8.37. The highest BCUT2D eigenvalue weighted by molar-refractivity contribution is 7.88. The SMILES string of the molecule is CCC1CC1NS(=O)(=O)Cc1cccc(CNC(C)C)c1. The number of benzene rings is 1. The normalized spacial score (nSPS) is 21.7. The Hall–Kier alpha value is -0.910.